The van der Waals surface area contributed by atoms with Crippen LogP contribution in [0.4, 0.5) is 5.13 Å². The van der Waals surface area contributed by atoms with E-state index in [1.807, 2.05) is 30.3 Å². The minimum Gasteiger partial charge on any atom is -0.441 e. The van der Waals surface area contributed by atoms with E-state index < -0.39 is 0 Å². The van der Waals surface area contributed by atoms with E-state index >= 15 is 0 Å². The molecule has 2 amide bonds. The third-order valence-electron chi connectivity index (χ3n) is 3.65. The number of aromatic nitrogens is 2. The molecule has 3 rings (SSSR count). The molecule has 134 valence electrons. The summed E-state index contributed by atoms with van der Waals surface area (Å²) < 4.78 is 5.66. The number of anilines is 1. The zero-order valence-electron chi connectivity index (χ0n) is 14.4. The Kier molecular flexibility index (Phi) is 5.43. The first-order valence-electron chi connectivity index (χ1n) is 8.02. The molecule has 0 fully saturated rings. The molecule has 0 saturated carbocycles. The van der Waals surface area contributed by atoms with Crippen LogP contribution in [0, 0.1) is 6.92 Å². The Morgan fingerprint density at radius 1 is 1.15 bits per heavy atom. The molecular weight excluding hydrogens is 352 g/mol. The first kappa shape index (κ1) is 17.8. The van der Waals surface area contributed by atoms with Gasteiger partial charge in [-0.15, -0.1) is 11.3 Å². The molecule has 8 heteroatoms. The van der Waals surface area contributed by atoms with Crippen LogP contribution in [0.5, 0.6) is 0 Å². The highest BCUT2D eigenvalue weighted by Gasteiger charge is 2.16. The molecule has 7 nitrogen and oxygen atoms in total. The van der Waals surface area contributed by atoms with Gasteiger partial charge in [0.05, 0.1) is 18.5 Å². The maximum absolute atomic E-state index is 12.3. The van der Waals surface area contributed by atoms with Gasteiger partial charge in [0.1, 0.15) is 5.76 Å². The highest BCUT2D eigenvalue weighted by molar-refractivity contribution is 7.15. The van der Waals surface area contributed by atoms with E-state index in [2.05, 4.69) is 20.6 Å². The van der Waals surface area contributed by atoms with Crippen LogP contribution < -0.4 is 10.6 Å². The molecule has 1 aromatic carbocycles. The number of hydrogen-bond donors (Lipinski definition) is 2. The summed E-state index contributed by atoms with van der Waals surface area (Å²) in [6, 6.07) is 9.53. The van der Waals surface area contributed by atoms with Gasteiger partial charge in [0, 0.05) is 23.7 Å². The second-order valence-electron chi connectivity index (χ2n) is 5.59. The number of nitrogens with one attached hydrogen (secondary N) is 2. The summed E-state index contributed by atoms with van der Waals surface area (Å²) in [5, 5.41) is 5.74. The normalized spacial score (nSPS) is 10.5. The van der Waals surface area contributed by atoms with E-state index in [0.29, 0.717) is 22.5 Å². The number of oxazole rings is 1. The van der Waals surface area contributed by atoms with Gasteiger partial charge in [-0.1, -0.05) is 18.2 Å². The summed E-state index contributed by atoms with van der Waals surface area (Å²) in [4.78, 5) is 33.0. The van der Waals surface area contributed by atoms with Crippen molar-refractivity contribution in [2.75, 3.05) is 12.4 Å². The number of thiazole rings is 1. The van der Waals surface area contributed by atoms with Crippen molar-refractivity contribution in [2.24, 2.45) is 0 Å². The average molecular weight is 370 g/mol. The summed E-state index contributed by atoms with van der Waals surface area (Å²) >= 11 is 1.27. The fourth-order valence-corrected chi connectivity index (χ4v) is 3.13. The molecule has 0 aliphatic carbocycles. The lowest BCUT2D eigenvalue weighted by Crippen LogP contribution is -2.19. The zero-order valence-corrected chi connectivity index (χ0v) is 15.2. The molecule has 26 heavy (non-hydrogen) atoms. The second kappa shape index (κ2) is 7.92. The smallest absolute Gasteiger partial charge is 0.232 e. The predicted octanol–water partition coefficient (Wildman–Crippen LogP) is 2.58. The molecule has 0 atom stereocenters. The van der Waals surface area contributed by atoms with Gasteiger partial charge in [-0.05, 0) is 19.1 Å². The Morgan fingerprint density at radius 2 is 1.92 bits per heavy atom. The summed E-state index contributed by atoms with van der Waals surface area (Å²) in [7, 11) is 1.58. The van der Waals surface area contributed by atoms with Crippen LogP contribution >= 0.6 is 11.3 Å². The van der Waals surface area contributed by atoms with E-state index in [4.69, 9.17) is 4.42 Å². The van der Waals surface area contributed by atoms with Crippen LogP contribution in [0.25, 0.3) is 11.5 Å². The van der Waals surface area contributed by atoms with Crippen molar-refractivity contribution in [3.8, 4) is 11.5 Å². The monoisotopic (exact) mass is 370 g/mol. The Hall–Kier alpha value is -3.00. The number of amides is 2. The molecule has 0 unspecified atom stereocenters. The third kappa shape index (κ3) is 4.34. The van der Waals surface area contributed by atoms with E-state index in [1.54, 1.807) is 20.2 Å². The lowest BCUT2D eigenvalue weighted by atomic mass is 10.2. The standard InChI is InChI=1S/C18H18N4O3S/c1-11-14(21-17(25-11)12-6-4-3-5-7-12)9-16(24)22-18-20-10-13(26-18)8-15(23)19-2/h3-7,10H,8-9H2,1-2H3,(H,19,23)(H,20,22,24). The van der Waals surface area contributed by atoms with Gasteiger partial charge in [-0.3, -0.25) is 9.59 Å². The summed E-state index contributed by atoms with van der Waals surface area (Å²) in [5.74, 6) is 0.770. The van der Waals surface area contributed by atoms with Crippen LogP contribution in [0.2, 0.25) is 0 Å². The van der Waals surface area contributed by atoms with Crippen molar-refractivity contribution < 1.29 is 14.0 Å². The van der Waals surface area contributed by atoms with Crippen LogP contribution in [0.15, 0.2) is 40.9 Å². The minimum atomic E-state index is -0.234. The van der Waals surface area contributed by atoms with Crippen molar-refractivity contribution in [3.63, 3.8) is 0 Å². The minimum absolute atomic E-state index is 0.0898. The van der Waals surface area contributed by atoms with E-state index in [9.17, 15) is 9.59 Å². The number of rotatable bonds is 6. The Bertz CT molecular complexity index is 918. The molecular formula is C18H18N4O3S. The maximum atomic E-state index is 12.3. The Labute approximate surface area is 154 Å². The van der Waals surface area contributed by atoms with Crippen molar-refractivity contribution in [1.82, 2.24) is 15.3 Å². The highest BCUT2D eigenvalue weighted by Crippen LogP contribution is 2.22. The van der Waals surface area contributed by atoms with Gasteiger partial charge >= 0.3 is 0 Å². The van der Waals surface area contributed by atoms with Crippen molar-refractivity contribution in [3.05, 3.63) is 52.9 Å². The first-order valence-corrected chi connectivity index (χ1v) is 8.83. The molecule has 0 aliphatic heterocycles. The fourth-order valence-electron chi connectivity index (χ4n) is 2.31. The van der Waals surface area contributed by atoms with Crippen LogP contribution in [0.1, 0.15) is 16.3 Å². The Morgan fingerprint density at radius 3 is 2.65 bits per heavy atom. The Balaban J connectivity index is 1.64. The molecule has 0 spiro atoms. The molecule has 2 heterocycles. The third-order valence-corrected chi connectivity index (χ3v) is 4.57. The van der Waals surface area contributed by atoms with Crippen LogP contribution in [0.3, 0.4) is 0 Å². The van der Waals surface area contributed by atoms with Crippen molar-refractivity contribution in [2.45, 2.75) is 19.8 Å². The highest BCUT2D eigenvalue weighted by atomic mass is 32.1. The van der Waals surface area contributed by atoms with Gasteiger partial charge in [-0.25, -0.2) is 9.97 Å². The van der Waals surface area contributed by atoms with E-state index in [-0.39, 0.29) is 24.7 Å². The molecule has 0 bridgehead atoms. The molecule has 2 aromatic heterocycles. The van der Waals surface area contributed by atoms with Gasteiger partial charge in [0.15, 0.2) is 5.13 Å². The average Bonchev–Trinajstić information content (AvgIpc) is 3.22. The summed E-state index contributed by atoms with van der Waals surface area (Å²) in [5.41, 5.74) is 1.45. The van der Waals surface area contributed by atoms with Crippen LogP contribution in [-0.2, 0) is 22.4 Å². The lowest BCUT2D eigenvalue weighted by molar-refractivity contribution is -0.120. The molecule has 2 N–H and O–H groups in total. The van der Waals surface area contributed by atoms with Crippen LogP contribution in [-0.4, -0.2) is 28.8 Å². The number of nitrogens with zero attached hydrogens (tertiary/aromatic N) is 2. The van der Waals surface area contributed by atoms with E-state index in [1.165, 1.54) is 11.3 Å². The SMILES string of the molecule is CNC(=O)Cc1cnc(NC(=O)Cc2nc(-c3ccccc3)oc2C)s1. The molecule has 3 aromatic rings. The molecule has 0 radical (unpaired) electrons. The van der Waals surface area contributed by atoms with Gasteiger partial charge in [0.25, 0.3) is 0 Å². The number of benzene rings is 1. The van der Waals surface area contributed by atoms with Gasteiger partial charge in [0.2, 0.25) is 17.7 Å². The van der Waals surface area contributed by atoms with Gasteiger partial charge < -0.3 is 15.1 Å². The number of hydrogen-bond acceptors (Lipinski definition) is 6. The quantitative estimate of drug-likeness (QED) is 0.695. The van der Waals surface area contributed by atoms with Crippen molar-refractivity contribution in [1.29, 1.82) is 0 Å². The molecule has 0 saturated heterocycles. The maximum Gasteiger partial charge on any atom is 0.232 e. The predicted molar refractivity (Wildman–Crippen MR) is 98.9 cm³/mol. The molecule has 0 aliphatic rings. The van der Waals surface area contributed by atoms with E-state index in [0.717, 1.165) is 10.4 Å². The largest absolute Gasteiger partial charge is 0.441 e. The van der Waals surface area contributed by atoms with Gasteiger partial charge in [-0.2, -0.15) is 0 Å². The number of carbonyl (C=O) groups is 2. The second-order valence-corrected chi connectivity index (χ2v) is 6.71. The zero-order chi connectivity index (χ0) is 18.5. The van der Waals surface area contributed by atoms with Crippen molar-refractivity contribution >= 4 is 28.3 Å². The lowest BCUT2D eigenvalue weighted by Gasteiger charge is -1.99. The fraction of sp³-hybridized carbons (Fsp3) is 0.222. The first-order chi connectivity index (χ1) is 12.5. The number of likely N-dealkylation sites (N-methyl/N-ethyl adjacent to an activating group) is 1. The number of aryl methyl sites for hydroxylation is 1. The summed E-state index contributed by atoms with van der Waals surface area (Å²) in [6.45, 7) is 1.78. The number of carbonyl (C=O) groups excluding carboxylic acids is 2. The topological polar surface area (TPSA) is 97.1 Å². The summed E-state index contributed by atoms with van der Waals surface area (Å²) in [6.07, 6.45) is 1.92.